The molecular weight excluding hydrogens is 406 g/mol. The van der Waals surface area contributed by atoms with Gasteiger partial charge in [-0.25, -0.2) is 4.79 Å². The van der Waals surface area contributed by atoms with Gasteiger partial charge in [0.05, 0.1) is 24.5 Å². The molecule has 0 aliphatic carbocycles. The number of hydrogen-bond acceptors (Lipinski definition) is 9. The Labute approximate surface area is 180 Å². The first-order valence-corrected chi connectivity index (χ1v) is 10.4. The largest absolute Gasteiger partial charge is 0.462 e. The predicted octanol–water partition coefficient (Wildman–Crippen LogP) is 1.19. The van der Waals surface area contributed by atoms with Crippen molar-refractivity contribution in [3.8, 4) is 5.75 Å². The molecule has 9 nitrogen and oxygen atoms in total. The quantitative estimate of drug-likeness (QED) is 0.684. The number of anilines is 1. The molecule has 0 radical (unpaired) electrons. The standard InChI is InChI=1S/C22H29NO8/c1-12-15(29-21-18(26)17(25)20(27-4)22(2,3)31-21)6-5-13-14(11-16(24)30-19(12)13)23-7-9-28-10-8-23/h5-6,11,17-18,20-21,25-26H,7-10H2,1-4H3/t17-,18+,20+,21+/m0/s1. The first-order chi connectivity index (χ1) is 14.7. The fraction of sp³-hybridized carbons (Fsp3) is 0.591. The van der Waals surface area contributed by atoms with Gasteiger partial charge in [-0.3, -0.25) is 0 Å². The van der Waals surface area contributed by atoms with Crippen molar-refractivity contribution < 1.29 is 33.6 Å². The Morgan fingerprint density at radius 2 is 1.87 bits per heavy atom. The van der Waals surface area contributed by atoms with E-state index in [9.17, 15) is 15.0 Å². The highest BCUT2D eigenvalue weighted by Crippen LogP contribution is 2.36. The van der Waals surface area contributed by atoms with Gasteiger partial charge in [-0.15, -0.1) is 0 Å². The molecule has 2 aliphatic rings. The third kappa shape index (κ3) is 4.04. The molecule has 0 spiro atoms. The number of aliphatic hydroxyl groups is 2. The van der Waals surface area contributed by atoms with Gasteiger partial charge in [0.15, 0.2) is 0 Å². The summed E-state index contributed by atoms with van der Waals surface area (Å²) < 4.78 is 28.1. The summed E-state index contributed by atoms with van der Waals surface area (Å²) in [6.45, 7) is 7.86. The van der Waals surface area contributed by atoms with E-state index in [1.54, 1.807) is 26.8 Å². The lowest BCUT2D eigenvalue weighted by Gasteiger charge is -2.46. The lowest BCUT2D eigenvalue weighted by molar-refractivity contribution is -0.306. The number of benzene rings is 1. The van der Waals surface area contributed by atoms with Crippen LogP contribution in [0.15, 0.2) is 27.4 Å². The molecule has 2 fully saturated rings. The number of morpholine rings is 1. The summed E-state index contributed by atoms with van der Waals surface area (Å²) in [5.41, 5.74) is 0.451. The van der Waals surface area contributed by atoms with Crippen LogP contribution in [0.1, 0.15) is 19.4 Å². The zero-order chi connectivity index (χ0) is 22.3. The van der Waals surface area contributed by atoms with Crippen LogP contribution in [0.3, 0.4) is 0 Å². The molecule has 0 bridgehead atoms. The predicted molar refractivity (Wildman–Crippen MR) is 113 cm³/mol. The molecule has 4 atom stereocenters. The third-order valence-corrected chi connectivity index (χ3v) is 5.98. The topological polar surface area (TPSA) is 111 Å². The second-order valence-electron chi connectivity index (χ2n) is 8.46. The summed E-state index contributed by atoms with van der Waals surface area (Å²) in [5, 5.41) is 21.8. The molecule has 2 N–H and O–H groups in total. The first-order valence-electron chi connectivity index (χ1n) is 10.4. The third-order valence-electron chi connectivity index (χ3n) is 5.98. The van der Waals surface area contributed by atoms with E-state index in [2.05, 4.69) is 4.90 Å². The van der Waals surface area contributed by atoms with Crippen molar-refractivity contribution in [1.82, 2.24) is 0 Å². The smallest absolute Gasteiger partial charge is 0.338 e. The molecular formula is C22H29NO8. The summed E-state index contributed by atoms with van der Waals surface area (Å²) in [7, 11) is 1.45. The lowest BCUT2D eigenvalue weighted by Crippen LogP contribution is -2.63. The maximum Gasteiger partial charge on any atom is 0.338 e. The van der Waals surface area contributed by atoms with Crippen molar-refractivity contribution in [2.75, 3.05) is 38.3 Å². The summed E-state index contributed by atoms with van der Waals surface area (Å²) in [6, 6.07) is 5.06. The normalized spacial score (nSPS) is 28.6. The number of rotatable bonds is 4. The van der Waals surface area contributed by atoms with Gasteiger partial charge in [-0.05, 0) is 32.9 Å². The maximum atomic E-state index is 12.3. The van der Waals surface area contributed by atoms with Gasteiger partial charge < -0.3 is 38.5 Å². The van der Waals surface area contributed by atoms with Gasteiger partial charge >= 0.3 is 5.63 Å². The number of methoxy groups -OCH3 is 1. The molecule has 2 saturated heterocycles. The Balaban J connectivity index is 1.68. The minimum atomic E-state index is -1.32. The van der Waals surface area contributed by atoms with Crippen LogP contribution in [0.2, 0.25) is 0 Å². The summed E-state index contributed by atoms with van der Waals surface area (Å²) in [5.74, 6) is 0.387. The molecule has 4 rings (SSSR count). The van der Waals surface area contributed by atoms with Gasteiger partial charge in [-0.2, -0.15) is 0 Å². The highest BCUT2D eigenvalue weighted by molar-refractivity contribution is 5.93. The van der Waals surface area contributed by atoms with Crippen molar-refractivity contribution in [2.45, 2.75) is 51.0 Å². The monoisotopic (exact) mass is 435 g/mol. The van der Waals surface area contributed by atoms with E-state index < -0.39 is 35.8 Å². The molecule has 170 valence electrons. The summed E-state index contributed by atoms with van der Waals surface area (Å²) in [6.07, 6.45) is -4.35. The molecule has 31 heavy (non-hydrogen) atoms. The van der Waals surface area contributed by atoms with Crippen molar-refractivity contribution >= 4 is 16.7 Å². The van der Waals surface area contributed by atoms with Gasteiger partial charge in [0.2, 0.25) is 6.29 Å². The Morgan fingerprint density at radius 3 is 2.55 bits per heavy atom. The zero-order valence-corrected chi connectivity index (χ0v) is 18.2. The number of nitrogens with zero attached hydrogens (tertiary/aromatic N) is 1. The van der Waals surface area contributed by atoms with E-state index in [-0.39, 0.29) is 0 Å². The molecule has 0 unspecified atom stereocenters. The number of ether oxygens (including phenoxy) is 4. The fourth-order valence-electron chi connectivity index (χ4n) is 4.35. The number of hydrogen-bond donors (Lipinski definition) is 2. The fourth-order valence-corrected chi connectivity index (χ4v) is 4.35. The van der Waals surface area contributed by atoms with E-state index >= 15 is 0 Å². The first kappa shape index (κ1) is 22.0. The highest BCUT2D eigenvalue weighted by Gasteiger charge is 2.50. The Morgan fingerprint density at radius 1 is 1.16 bits per heavy atom. The van der Waals surface area contributed by atoms with Crippen LogP contribution in [0.25, 0.3) is 11.0 Å². The van der Waals surface area contributed by atoms with Crippen LogP contribution in [0, 0.1) is 6.92 Å². The van der Waals surface area contributed by atoms with Crippen molar-refractivity contribution in [3.63, 3.8) is 0 Å². The Bertz CT molecular complexity index is 997. The van der Waals surface area contributed by atoms with E-state index in [1.807, 2.05) is 6.07 Å². The molecule has 1 aromatic heterocycles. The highest BCUT2D eigenvalue weighted by atomic mass is 16.7. The second-order valence-corrected chi connectivity index (χ2v) is 8.46. The molecule has 0 saturated carbocycles. The van der Waals surface area contributed by atoms with Gasteiger partial charge in [0.25, 0.3) is 0 Å². The van der Waals surface area contributed by atoms with Gasteiger partial charge in [0, 0.05) is 37.2 Å². The second kappa shape index (κ2) is 8.40. The van der Waals surface area contributed by atoms with E-state index in [0.717, 1.165) is 11.1 Å². The maximum absolute atomic E-state index is 12.3. The van der Waals surface area contributed by atoms with Crippen molar-refractivity contribution in [2.24, 2.45) is 0 Å². The minimum Gasteiger partial charge on any atom is -0.462 e. The average Bonchev–Trinajstić information content (AvgIpc) is 2.74. The molecule has 1 aromatic carbocycles. The van der Waals surface area contributed by atoms with Gasteiger partial charge in [0.1, 0.15) is 29.6 Å². The van der Waals surface area contributed by atoms with Crippen molar-refractivity contribution in [1.29, 1.82) is 0 Å². The lowest BCUT2D eigenvalue weighted by atomic mass is 9.89. The van der Waals surface area contributed by atoms with Crippen LogP contribution in [0.5, 0.6) is 5.75 Å². The van der Waals surface area contributed by atoms with Crippen LogP contribution < -0.4 is 15.3 Å². The summed E-state index contributed by atoms with van der Waals surface area (Å²) >= 11 is 0. The molecule has 2 aromatic rings. The van der Waals surface area contributed by atoms with Crippen LogP contribution in [-0.2, 0) is 14.2 Å². The Kier molecular flexibility index (Phi) is 5.97. The Hall–Kier alpha value is -2.17. The minimum absolute atomic E-state index is 0.387. The van der Waals surface area contributed by atoms with E-state index in [4.69, 9.17) is 23.4 Å². The average molecular weight is 435 g/mol. The van der Waals surface area contributed by atoms with Crippen molar-refractivity contribution in [3.05, 3.63) is 34.2 Å². The summed E-state index contributed by atoms with van der Waals surface area (Å²) in [4.78, 5) is 14.4. The van der Waals surface area contributed by atoms with Gasteiger partial charge in [-0.1, -0.05) is 0 Å². The molecule has 0 amide bonds. The SMILES string of the molecule is CO[C@@H]1[C@@H](O)[C@@H](O)[C@H](Oc2ccc3c(N4CCOCC4)cc(=O)oc3c2C)OC1(C)C. The van der Waals surface area contributed by atoms with Crippen LogP contribution in [0.4, 0.5) is 5.69 Å². The van der Waals surface area contributed by atoms with Crippen LogP contribution >= 0.6 is 0 Å². The number of aliphatic hydroxyl groups excluding tert-OH is 2. The number of aryl methyl sites for hydroxylation is 1. The van der Waals surface area contributed by atoms with Crippen LogP contribution in [-0.4, -0.2) is 73.8 Å². The molecule has 9 heteroatoms. The zero-order valence-electron chi connectivity index (χ0n) is 18.2. The molecule has 2 aliphatic heterocycles. The van der Waals surface area contributed by atoms with E-state index in [0.29, 0.717) is 43.2 Å². The molecule has 3 heterocycles. The number of fused-ring (bicyclic) bond motifs is 1. The van der Waals surface area contributed by atoms with E-state index in [1.165, 1.54) is 13.2 Å².